The Morgan fingerprint density at radius 3 is 3.06 bits per heavy atom. The average Bonchev–Trinajstić information content (AvgIpc) is 2.69. The molecule has 1 amide bonds. The lowest BCUT2D eigenvalue weighted by molar-refractivity contribution is 0.00689. The molecule has 2 N–H and O–H groups in total. The number of piperidine rings is 1. The number of hydrogen-bond donors (Lipinski definition) is 1. The van der Waals surface area contributed by atoms with Crippen molar-refractivity contribution in [1.82, 2.24) is 14.7 Å². The number of aromatic nitrogens is 2. The van der Waals surface area contributed by atoms with E-state index < -0.39 is 0 Å². The van der Waals surface area contributed by atoms with E-state index in [9.17, 15) is 4.79 Å². The Hall–Kier alpha value is -1.56. The number of likely N-dealkylation sites (tertiary alicyclic amines) is 1. The topological polar surface area (TPSA) is 73.4 Å². The molecule has 1 aromatic heterocycles. The Labute approximate surface area is 107 Å². The molecule has 0 spiro atoms. The highest BCUT2D eigenvalue weighted by Gasteiger charge is 2.27. The van der Waals surface area contributed by atoms with Crippen molar-refractivity contribution in [1.29, 1.82) is 0 Å². The number of aryl methyl sites for hydroxylation is 1. The van der Waals surface area contributed by atoms with Crippen molar-refractivity contribution in [2.75, 3.05) is 25.4 Å². The zero-order valence-corrected chi connectivity index (χ0v) is 10.9. The summed E-state index contributed by atoms with van der Waals surface area (Å²) in [5.74, 6) is -0.0584. The van der Waals surface area contributed by atoms with Crippen LogP contribution in [-0.2, 0) is 11.8 Å². The van der Waals surface area contributed by atoms with Crippen molar-refractivity contribution in [3.63, 3.8) is 0 Å². The van der Waals surface area contributed by atoms with Gasteiger partial charge in [0.2, 0.25) is 0 Å². The van der Waals surface area contributed by atoms with Crippen molar-refractivity contribution in [2.45, 2.75) is 25.9 Å². The Morgan fingerprint density at radius 1 is 1.67 bits per heavy atom. The first-order valence-corrected chi connectivity index (χ1v) is 6.31. The molecule has 2 heterocycles. The molecule has 1 aromatic rings. The maximum Gasteiger partial charge on any atom is 0.274 e. The fourth-order valence-electron chi connectivity index (χ4n) is 2.36. The van der Waals surface area contributed by atoms with Crippen LogP contribution < -0.4 is 5.73 Å². The highest BCUT2D eigenvalue weighted by Crippen LogP contribution is 2.18. The molecule has 1 atom stereocenters. The largest absolute Gasteiger partial charge is 0.396 e. The van der Waals surface area contributed by atoms with E-state index in [-0.39, 0.29) is 12.0 Å². The Balaban J connectivity index is 2.09. The van der Waals surface area contributed by atoms with Crippen LogP contribution in [0, 0.1) is 0 Å². The molecule has 0 aromatic carbocycles. The summed E-state index contributed by atoms with van der Waals surface area (Å²) >= 11 is 0. The van der Waals surface area contributed by atoms with Crippen LogP contribution in [0.1, 0.15) is 30.3 Å². The third kappa shape index (κ3) is 2.48. The molecule has 6 heteroatoms. The molecule has 1 fully saturated rings. The average molecular weight is 252 g/mol. The highest BCUT2D eigenvalue weighted by molar-refractivity contribution is 5.97. The number of hydrogen-bond acceptors (Lipinski definition) is 4. The molecule has 0 radical (unpaired) electrons. The monoisotopic (exact) mass is 252 g/mol. The van der Waals surface area contributed by atoms with Crippen LogP contribution in [0.3, 0.4) is 0 Å². The van der Waals surface area contributed by atoms with Crippen LogP contribution in [0.5, 0.6) is 0 Å². The summed E-state index contributed by atoms with van der Waals surface area (Å²) in [6.45, 7) is 4.05. The fraction of sp³-hybridized carbons (Fsp3) is 0.667. The first-order valence-electron chi connectivity index (χ1n) is 6.31. The Bertz CT molecular complexity index is 408. The first-order chi connectivity index (χ1) is 8.63. The van der Waals surface area contributed by atoms with Crippen LogP contribution in [0.15, 0.2) is 6.20 Å². The molecule has 1 saturated heterocycles. The number of anilines is 1. The second kappa shape index (κ2) is 5.39. The van der Waals surface area contributed by atoms with Gasteiger partial charge in [0, 0.05) is 26.7 Å². The van der Waals surface area contributed by atoms with Gasteiger partial charge in [-0.1, -0.05) is 0 Å². The van der Waals surface area contributed by atoms with E-state index in [1.165, 1.54) is 10.9 Å². The van der Waals surface area contributed by atoms with Crippen LogP contribution in [0.2, 0.25) is 0 Å². The number of ether oxygens (including phenoxy) is 1. The van der Waals surface area contributed by atoms with Crippen LogP contribution in [-0.4, -0.2) is 46.4 Å². The van der Waals surface area contributed by atoms with E-state index in [0.29, 0.717) is 24.5 Å². The number of nitrogen functional groups attached to an aromatic ring is 1. The number of rotatable bonds is 3. The summed E-state index contributed by atoms with van der Waals surface area (Å²) < 4.78 is 7.12. The minimum atomic E-state index is -0.0584. The SMILES string of the molecule is CCOC1CCCN(C(=O)c2c(N)cnn2C)C1. The van der Waals surface area contributed by atoms with Crippen LogP contribution in [0.25, 0.3) is 0 Å². The summed E-state index contributed by atoms with van der Waals surface area (Å²) in [6, 6.07) is 0. The molecule has 1 unspecified atom stereocenters. The third-order valence-electron chi connectivity index (χ3n) is 3.24. The van der Waals surface area contributed by atoms with E-state index in [2.05, 4.69) is 5.10 Å². The van der Waals surface area contributed by atoms with Gasteiger partial charge in [0.1, 0.15) is 5.69 Å². The Morgan fingerprint density at radius 2 is 2.44 bits per heavy atom. The summed E-state index contributed by atoms with van der Waals surface area (Å²) in [5, 5.41) is 4.00. The van der Waals surface area contributed by atoms with Gasteiger partial charge < -0.3 is 15.4 Å². The van der Waals surface area contributed by atoms with Crippen molar-refractivity contribution in [3.8, 4) is 0 Å². The normalized spacial score (nSPS) is 20.1. The number of nitrogens with zero attached hydrogens (tertiary/aromatic N) is 3. The maximum atomic E-state index is 12.4. The molecular formula is C12H20N4O2. The van der Waals surface area contributed by atoms with Gasteiger partial charge in [-0.2, -0.15) is 5.10 Å². The predicted molar refractivity (Wildman–Crippen MR) is 68.2 cm³/mol. The van der Waals surface area contributed by atoms with Gasteiger partial charge in [-0.15, -0.1) is 0 Å². The lowest BCUT2D eigenvalue weighted by atomic mass is 10.1. The second-order valence-electron chi connectivity index (χ2n) is 4.54. The van der Waals surface area contributed by atoms with Gasteiger partial charge in [-0.3, -0.25) is 9.48 Å². The molecule has 1 aliphatic rings. The molecule has 0 saturated carbocycles. The van der Waals surface area contributed by atoms with E-state index in [0.717, 1.165) is 19.4 Å². The Kier molecular flexibility index (Phi) is 3.86. The molecule has 100 valence electrons. The zero-order chi connectivity index (χ0) is 13.1. The zero-order valence-electron chi connectivity index (χ0n) is 10.9. The van der Waals surface area contributed by atoms with Crippen molar-refractivity contribution in [3.05, 3.63) is 11.9 Å². The fourth-order valence-corrected chi connectivity index (χ4v) is 2.36. The molecule has 18 heavy (non-hydrogen) atoms. The van der Waals surface area contributed by atoms with E-state index >= 15 is 0 Å². The molecule has 0 bridgehead atoms. The van der Waals surface area contributed by atoms with Gasteiger partial charge in [-0.25, -0.2) is 0 Å². The van der Waals surface area contributed by atoms with Crippen LogP contribution >= 0.6 is 0 Å². The summed E-state index contributed by atoms with van der Waals surface area (Å²) in [5.41, 5.74) is 6.68. The third-order valence-corrected chi connectivity index (χ3v) is 3.24. The minimum absolute atomic E-state index is 0.0584. The summed E-state index contributed by atoms with van der Waals surface area (Å²) in [7, 11) is 1.73. The minimum Gasteiger partial charge on any atom is -0.396 e. The quantitative estimate of drug-likeness (QED) is 0.857. The van der Waals surface area contributed by atoms with Crippen molar-refractivity contribution in [2.24, 2.45) is 7.05 Å². The number of nitrogens with two attached hydrogens (primary N) is 1. The van der Waals surface area contributed by atoms with Crippen LogP contribution in [0.4, 0.5) is 5.69 Å². The predicted octanol–water partition coefficient (Wildman–Crippen LogP) is 0.643. The standard InChI is InChI=1S/C12H20N4O2/c1-3-18-9-5-4-6-16(8-9)12(17)11-10(13)7-14-15(11)2/h7,9H,3-6,8,13H2,1-2H3. The number of carbonyl (C=O) groups excluding carboxylic acids is 1. The van der Waals surface area contributed by atoms with Gasteiger partial charge >= 0.3 is 0 Å². The number of amides is 1. The van der Waals surface area contributed by atoms with Gasteiger partial charge in [0.05, 0.1) is 18.0 Å². The maximum absolute atomic E-state index is 12.4. The second-order valence-corrected chi connectivity index (χ2v) is 4.54. The molecular weight excluding hydrogens is 232 g/mol. The first kappa shape index (κ1) is 12.9. The smallest absolute Gasteiger partial charge is 0.274 e. The lowest BCUT2D eigenvalue weighted by Gasteiger charge is -2.32. The molecule has 1 aliphatic heterocycles. The molecule has 6 nitrogen and oxygen atoms in total. The van der Waals surface area contributed by atoms with E-state index in [1.54, 1.807) is 11.9 Å². The van der Waals surface area contributed by atoms with E-state index in [4.69, 9.17) is 10.5 Å². The highest BCUT2D eigenvalue weighted by atomic mass is 16.5. The van der Waals surface area contributed by atoms with Gasteiger partial charge in [-0.05, 0) is 19.8 Å². The van der Waals surface area contributed by atoms with Crippen molar-refractivity contribution < 1.29 is 9.53 Å². The van der Waals surface area contributed by atoms with Crippen molar-refractivity contribution >= 4 is 11.6 Å². The van der Waals surface area contributed by atoms with Gasteiger partial charge in [0.15, 0.2) is 0 Å². The summed E-state index contributed by atoms with van der Waals surface area (Å²) in [4.78, 5) is 14.2. The lowest BCUT2D eigenvalue weighted by Crippen LogP contribution is -2.44. The van der Waals surface area contributed by atoms with E-state index in [1.807, 2.05) is 6.92 Å². The molecule has 2 rings (SSSR count). The molecule has 0 aliphatic carbocycles. The summed E-state index contributed by atoms with van der Waals surface area (Å²) in [6.07, 6.45) is 3.63. The van der Waals surface area contributed by atoms with Gasteiger partial charge in [0.25, 0.3) is 5.91 Å². The number of carbonyl (C=O) groups is 1.